The zero-order valence-electron chi connectivity index (χ0n) is 8.66. The lowest BCUT2D eigenvalue weighted by Crippen LogP contribution is -2.04. The summed E-state index contributed by atoms with van der Waals surface area (Å²) in [6.07, 6.45) is 1.94. The van der Waals surface area contributed by atoms with E-state index >= 15 is 0 Å². The molecule has 0 aliphatic carbocycles. The topological polar surface area (TPSA) is 32.9 Å². The molecule has 0 radical (unpaired) electrons. The molecule has 0 saturated carbocycles. The second-order valence-electron chi connectivity index (χ2n) is 3.31. The summed E-state index contributed by atoms with van der Waals surface area (Å²) in [5, 5.41) is 0.880. The molecule has 1 heterocycles. The van der Waals surface area contributed by atoms with Crippen LogP contribution in [0.15, 0.2) is 50.7 Å². The second kappa shape index (κ2) is 4.89. The van der Waals surface area contributed by atoms with Gasteiger partial charge in [-0.15, -0.1) is 11.8 Å². The first kappa shape index (κ1) is 11.5. The van der Waals surface area contributed by atoms with Gasteiger partial charge < -0.3 is 4.98 Å². The highest BCUT2D eigenvalue weighted by molar-refractivity contribution is 9.10. The van der Waals surface area contributed by atoms with Gasteiger partial charge in [0.25, 0.3) is 0 Å². The van der Waals surface area contributed by atoms with E-state index in [1.165, 1.54) is 11.8 Å². The minimum Gasteiger partial charge on any atom is -0.317 e. The van der Waals surface area contributed by atoms with Gasteiger partial charge in [0.05, 0.1) is 5.03 Å². The largest absolute Gasteiger partial charge is 0.317 e. The quantitative estimate of drug-likeness (QED) is 0.860. The minimum absolute atomic E-state index is 0.0650. The van der Waals surface area contributed by atoms with Gasteiger partial charge >= 0.3 is 0 Å². The van der Waals surface area contributed by atoms with Crippen LogP contribution in [0.2, 0.25) is 0 Å². The molecular formula is C12H10BrNOS. The van der Waals surface area contributed by atoms with E-state index in [-0.39, 0.29) is 5.56 Å². The smallest absolute Gasteiger partial charge is 0.249 e. The SMILES string of the molecule is CSc1cc(-c2ccc(Br)cc2)cc(=O)[nH]1. The van der Waals surface area contributed by atoms with Crippen molar-refractivity contribution in [2.45, 2.75) is 5.03 Å². The van der Waals surface area contributed by atoms with Crippen molar-refractivity contribution in [2.75, 3.05) is 6.26 Å². The zero-order chi connectivity index (χ0) is 11.5. The van der Waals surface area contributed by atoms with E-state index in [2.05, 4.69) is 20.9 Å². The van der Waals surface area contributed by atoms with Crippen LogP contribution >= 0.6 is 27.7 Å². The summed E-state index contributed by atoms with van der Waals surface area (Å²) in [7, 11) is 0. The first-order valence-corrected chi connectivity index (χ1v) is 6.75. The van der Waals surface area contributed by atoms with Crippen LogP contribution in [0.4, 0.5) is 0 Å². The molecule has 0 spiro atoms. The van der Waals surface area contributed by atoms with Gasteiger partial charge in [-0.1, -0.05) is 28.1 Å². The van der Waals surface area contributed by atoms with Gasteiger partial charge in [0.1, 0.15) is 0 Å². The van der Waals surface area contributed by atoms with E-state index in [1.54, 1.807) is 6.07 Å². The molecule has 1 aromatic carbocycles. The fourth-order valence-corrected chi connectivity index (χ4v) is 2.15. The predicted molar refractivity (Wildman–Crippen MR) is 72.0 cm³/mol. The van der Waals surface area contributed by atoms with Crippen molar-refractivity contribution in [1.29, 1.82) is 0 Å². The van der Waals surface area contributed by atoms with Gasteiger partial charge in [0.15, 0.2) is 0 Å². The third-order valence-corrected chi connectivity index (χ3v) is 3.41. The summed E-state index contributed by atoms with van der Waals surface area (Å²) in [6.45, 7) is 0. The number of halogens is 1. The van der Waals surface area contributed by atoms with Gasteiger partial charge in [-0.25, -0.2) is 0 Å². The van der Waals surface area contributed by atoms with Gasteiger partial charge in [-0.05, 0) is 35.6 Å². The number of hydrogen-bond acceptors (Lipinski definition) is 2. The van der Waals surface area contributed by atoms with Crippen LogP contribution < -0.4 is 5.56 Å². The molecule has 16 heavy (non-hydrogen) atoms. The Balaban J connectivity index is 2.51. The van der Waals surface area contributed by atoms with E-state index in [0.29, 0.717) is 0 Å². The molecule has 1 N–H and O–H groups in total. The highest BCUT2D eigenvalue weighted by Crippen LogP contribution is 2.23. The maximum atomic E-state index is 11.4. The number of pyridine rings is 1. The Hall–Kier alpha value is -1.00. The summed E-state index contributed by atoms with van der Waals surface area (Å²) in [6, 6.07) is 11.5. The maximum absolute atomic E-state index is 11.4. The van der Waals surface area contributed by atoms with Crippen LogP contribution in [0.3, 0.4) is 0 Å². The molecule has 0 bridgehead atoms. The number of nitrogens with one attached hydrogen (secondary N) is 1. The van der Waals surface area contributed by atoms with Crippen LogP contribution in [0.1, 0.15) is 0 Å². The summed E-state index contributed by atoms with van der Waals surface area (Å²) in [5.74, 6) is 0. The number of aromatic amines is 1. The average Bonchev–Trinajstić information content (AvgIpc) is 2.29. The predicted octanol–water partition coefficient (Wildman–Crippen LogP) is 3.53. The standard InChI is InChI=1S/C12H10BrNOS/c1-16-12-7-9(6-11(15)14-12)8-2-4-10(13)5-3-8/h2-7H,1H3,(H,14,15). The van der Waals surface area contributed by atoms with Crippen molar-refractivity contribution in [3.05, 3.63) is 51.2 Å². The molecule has 1 aromatic heterocycles. The van der Waals surface area contributed by atoms with E-state index in [4.69, 9.17) is 0 Å². The summed E-state index contributed by atoms with van der Waals surface area (Å²) in [4.78, 5) is 14.2. The van der Waals surface area contributed by atoms with Crippen LogP contribution in [-0.4, -0.2) is 11.2 Å². The lowest BCUT2D eigenvalue weighted by molar-refractivity contribution is 1.08. The number of H-pyrrole nitrogens is 1. The molecular weight excluding hydrogens is 286 g/mol. The van der Waals surface area contributed by atoms with E-state index in [1.807, 2.05) is 36.6 Å². The Kier molecular flexibility index (Phi) is 3.51. The van der Waals surface area contributed by atoms with Crippen LogP contribution in [0.25, 0.3) is 11.1 Å². The monoisotopic (exact) mass is 295 g/mol. The minimum atomic E-state index is -0.0650. The fourth-order valence-electron chi connectivity index (χ4n) is 1.44. The number of hydrogen-bond donors (Lipinski definition) is 1. The molecule has 82 valence electrons. The Morgan fingerprint density at radius 1 is 1.12 bits per heavy atom. The normalized spacial score (nSPS) is 10.4. The van der Waals surface area contributed by atoms with Crippen molar-refractivity contribution >= 4 is 27.7 Å². The van der Waals surface area contributed by atoms with Gasteiger partial charge in [0.2, 0.25) is 5.56 Å². The average molecular weight is 296 g/mol. The van der Waals surface area contributed by atoms with E-state index in [0.717, 1.165) is 20.6 Å². The first-order valence-electron chi connectivity index (χ1n) is 4.73. The summed E-state index contributed by atoms with van der Waals surface area (Å²) >= 11 is 4.92. The number of rotatable bonds is 2. The molecule has 2 nitrogen and oxygen atoms in total. The Labute approximate surface area is 106 Å². The molecule has 0 aliphatic heterocycles. The molecule has 0 saturated heterocycles. The molecule has 0 fully saturated rings. The number of aromatic nitrogens is 1. The molecule has 4 heteroatoms. The van der Waals surface area contributed by atoms with Crippen LogP contribution in [-0.2, 0) is 0 Å². The zero-order valence-corrected chi connectivity index (χ0v) is 11.1. The first-order chi connectivity index (χ1) is 7.69. The summed E-state index contributed by atoms with van der Waals surface area (Å²) < 4.78 is 1.03. The van der Waals surface area contributed by atoms with Crippen LogP contribution in [0, 0.1) is 0 Å². The molecule has 0 atom stereocenters. The third kappa shape index (κ3) is 2.57. The lowest BCUT2D eigenvalue weighted by Gasteiger charge is -2.03. The van der Waals surface area contributed by atoms with Crippen LogP contribution in [0.5, 0.6) is 0 Å². The number of thioether (sulfide) groups is 1. The molecule has 2 aromatic rings. The fraction of sp³-hybridized carbons (Fsp3) is 0.0833. The molecule has 0 unspecified atom stereocenters. The lowest BCUT2D eigenvalue weighted by atomic mass is 10.1. The van der Waals surface area contributed by atoms with Crippen molar-refractivity contribution in [2.24, 2.45) is 0 Å². The van der Waals surface area contributed by atoms with E-state index in [9.17, 15) is 4.79 Å². The van der Waals surface area contributed by atoms with Crippen molar-refractivity contribution in [3.63, 3.8) is 0 Å². The Morgan fingerprint density at radius 2 is 1.81 bits per heavy atom. The van der Waals surface area contributed by atoms with Gasteiger partial charge in [-0.3, -0.25) is 4.79 Å². The van der Waals surface area contributed by atoms with Crippen molar-refractivity contribution in [1.82, 2.24) is 4.98 Å². The van der Waals surface area contributed by atoms with Gasteiger partial charge in [0, 0.05) is 10.5 Å². The highest BCUT2D eigenvalue weighted by Gasteiger charge is 2.01. The highest BCUT2D eigenvalue weighted by atomic mass is 79.9. The van der Waals surface area contributed by atoms with Crippen molar-refractivity contribution < 1.29 is 0 Å². The molecule has 0 amide bonds. The third-order valence-electron chi connectivity index (χ3n) is 2.22. The Bertz CT molecular complexity index is 548. The molecule has 2 rings (SSSR count). The van der Waals surface area contributed by atoms with Crippen molar-refractivity contribution in [3.8, 4) is 11.1 Å². The molecule has 0 aliphatic rings. The number of benzene rings is 1. The summed E-state index contributed by atoms with van der Waals surface area (Å²) in [5.41, 5.74) is 1.93. The van der Waals surface area contributed by atoms with Gasteiger partial charge in [-0.2, -0.15) is 0 Å². The Morgan fingerprint density at radius 3 is 2.44 bits per heavy atom. The second-order valence-corrected chi connectivity index (χ2v) is 5.07. The van der Waals surface area contributed by atoms with E-state index < -0.39 is 0 Å². The maximum Gasteiger partial charge on any atom is 0.249 e.